The Morgan fingerprint density at radius 3 is 1.55 bits per heavy atom. The zero-order valence-electron chi connectivity index (χ0n) is 27.3. The second kappa shape index (κ2) is 10.7. The fraction of sp³-hybridized carbons (Fsp3) is 0. The van der Waals surface area contributed by atoms with Gasteiger partial charge in [0, 0.05) is 38.4 Å². The first-order chi connectivity index (χ1) is 25.3. The van der Waals surface area contributed by atoms with E-state index in [4.69, 9.17) is 15.0 Å². The number of hydrogen-bond acceptors (Lipinski definition) is 3. The van der Waals surface area contributed by atoms with Crippen molar-refractivity contribution in [2.24, 2.45) is 0 Å². The zero-order chi connectivity index (χ0) is 33.5. The van der Waals surface area contributed by atoms with Gasteiger partial charge in [-0.2, -0.15) is 9.97 Å². The van der Waals surface area contributed by atoms with E-state index < -0.39 is 0 Å². The van der Waals surface area contributed by atoms with E-state index in [1.54, 1.807) is 0 Å². The van der Waals surface area contributed by atoms with E-state index in [2.05, 4.69) is 147 Å². The summed E-state index contributed by atoms with van der Waals surface area (Å²) >= 11 is 0. The van der Waals surface area contributed by atoms with Gasteiger partial charge in [0.25, 0.3) is 0 Å². The van der Waals surface area contributed by atoms with Crippen LogP contribution in [0.25, 0.3) is 94.6 Å². The van der Waals surface area contributed by atoms with E-state index in [1.165, 1.54) is 16.2 Å². The molecule has 0 saturated carbocycles. The largest absolute Gasteiger partial charge is 0.308 e. The minimum absolute atomic E-state index is 0.565. The van der Waals surface area contributed by atoms with Gasteiger partial charge in [-0.3, -0.25) is 8.97 Å². The van der Waals surface area contributed by atoms with Crippen LogP contribution in [0.1, 0.15) is 0 Å². The third-order valence-electron chi connectivity index (χ3n) is 10.0. The number of pyridine rings is 1. The molecule has 0 fully saturated rings. The van der Waals surface area contributed by atoms with Gasteiger partial charge in [0.15, 0.2) is 11.6 Å². The number of nitrogens with zero attached hydrogens (tertiary/aromatic N) is 6. The van der Waals surface area contributed by atoms with E-state index in [-0.39, 0.29) is 0 Å². The van der Waals surface area contributed by atoms with Crippen LogP contribution >= 0.6 is 0 Å². The van der Waals surface area contributed by atoms with Gasteiger partial charge in [-0.05, 0) is 36.4 Å². The Balaban J connectivity index is 1.41. The molecule has 0 radical (unpaired) electrons. The number of rotatable bonds is 4. The molecule has 238 valence electrons. The molecule has 0 bridgehead atoms. The summed E-state index contributed by atoms with van der Waals surface area (Å²) in [5.41, 5.74) is 9.58. The van der Waals surface area contributed by atoms with Crippen LogP contribution in [0.5, 0.6) is 0 Å². The summed E-state index contributed by atoms with van der Waals surface area (Å²) in [6.07, 6.45) is 0. The van der Waals surface area contributed by atoms with Gasteiger partial charge in [0.2, 0.25) is 5.95 Å². The highest BCUT2D eigenvalue weighted by Crippen LogP contribution is 2.45. The van der Waals surface area contributed by atoms with Crippen LogP contribution in [0.4, 0.5) is 0 Å². The van der Waals surface area contributed by atoms with Crippen LogP contribution in [-0.4, -0.2) is 28.5 Å². The molecule has 0 N–H and O–H groups in total. The third kappa shape index (κ3) is 4.01. The van der Waals surface area contributed by atoms with Crippen molar-refractivity contribution >= 4 is 60.2 Å². The minimum Gasteiger partial charge on any atom is -0.308 e. The molecule has 0 spiro atoms. The lowest BCUT2D eigenvalue weighted by Gasteiger charge is -2.13. The van der Waals surface area contributed by atoms with Crippen molar-refractivity contribution in [3.63, 3.8) is 0 Å². The molecule has 51 heavy (non-hydrogen) atoms. The molecule has 5 heterocycles. The van der Waals surface area contributed by atoms with Crippen LogP contribution in [0, 0.1) is 0 Å². The summed E-state index contributed by atoms with van der Waals surface area (Å²) in [4.78, 5) is 15.6. The highest BCUT2D eigenvalue weighted by molar-refractivity contribution is 6.30. The lowest BCUT2D eigenvalue weighted by atomic mass is 10.1. The van der Waals surface area contributed by atoms with Gasteiger partial charge < -0.3 is 4.57 Å². The Hall–Kier alpha value is -7.05. The predicted molar refractivity (Wildman–Crippen MR) is 208 cm³/mol. The van der Waals surface area contributed by atoms with Crippen LogP contribution < -0.4 is 0 Å². The van der Waals surface area contributed by atoms with Crippen LogP contribution in [0.2, 0.25) is 0 Å². The van der Waals surface area contributed by atoms with E-state index in [9.17, 15) is 0 Å². The fourth-order valence-corrected chi connectivity index (χ4v) is 7.92. The van der Waals surface area contributed by atoms with E-state index in [1.807, 2.05) is 36.4 Å². The first kappa shape index (κ1) is 27.9. The first-order valence-electron chi connectivity index (χ1n) is 17.1. The Morgan fingerprint density at radius 1 is 0.392 bits per heavy atom. The number of para-hydroxylation sites is 4. The van der Waals surface area contributed by atoms with E-state index in [0.717, 1.165) is 60.8 Å². The summed E-state index contributed by atoms with van der Waals surface area (Å²) in [6.45, 7) is 0. The Bertz CT molecular complexity index is 3060. The molecule has 0 unspecified atom stereocenters. The van der Waals surface area contributed by atoms with Crippen LogP contribution in [-0.2, 0) is 0 Å². The maximum Gasteiger partial charge on any atom is 0.239 e. The summed E-state index contributed by atoms with van der Waals surface area (Å²) in [5, 5.41) is 5.86. The maximum atomic E-state index is 5.27. The Kier molecular flexibility index (Phi) is 5.86. The molecular weight excluding hydrogens is 625 g/mol. The second-order valence-corrected chi connectivity index (χ2v) is 12.9. The summed E-state index contributed by atoms with van der Waals surface area (Å²) in [7, 11) is 0. The van der Waals surface area contributed by atoms with Gasteiger partial charge in [0.1, 0.15) is 5.65 Å². The van der Waals surface area contributed by atoms with Crippen molar-refractivity contribution in [2.75, 3.05) is 0 Å². The normalized spacial score (nSPS) is 11.9. The molecule has 6 heteroatoms. The predicted octanol–water partition coefficient (Wildman–Crippen LogP) is 10.8. The topological polar surface area (TPSA) is 52.9 Å². The number of benzene rings is 6. The lowest BCUT2D eigenvalue weighted by molar-refractivity contribution is 0.941. The Labute approximate surface area is 292 Å². The van der Waals surface area contributed by atoms with Gasteiger partial charge >= 0.3 is 0 Å². The monoisotopic (exact) mass is 652 g/mol. The van der Waals surface area contributed by atoms with Gasteiger partial charge in [-0.25, -0.2) is 4.98 Å². The average Bonchev–Trinajstić information content (AvgIpc) is 3.87. The van der Waals surface area contributed by atoms with Crippen molar-refractivity contribution in [3.05, 3.63) is 170 Å². The summed E-state index contributed by atoms with van der Waals surface area (Å²) in [5.74, 6) is 1.81. The van der Waals surface area contributed by atoms with Crippen molar-refractivity contribution in [1.82, 2.24) is 28.5 Å². The van der Waals surface area contributed by atoms with Gasteiger partial charge in [0.05, 0.1) is 33.0 Å². The van der Waals surface area contributed by atoms with Crippen molar-refractivity contribution in [3.8, 4) is 34.4 Å². The number of aromatic nitrogens is 6. The first-order valence-corrected chi connectivity index (χ1v) is 17.1. The van der Waals surface area contributed by atoms with Crippen LogP contribution in [0.15, 0.2) is 170 Å². The summed E-state index contributed by atoms with van der Waals surface area (Å²) < 4.78 is 7.10. The highest BCUT2D eigenvalue weighted by atomic mass is 15.2. The van der Waals surface area contributed by atoms with Crippen molar-refractivity contribution in [1.29, 1.82) is 0 Å². The zero-order valence-corrected chi connectivity index (χ0v) is 27.3. The average molecular weight is 653 g/mol. The standard InChI is InChI=1S/C45H28N6/c1-4-16-29(17-5-1)42-46-43(30-18-6-2-7-19-30)48-45(47-42)51-37-27-15-12-24-34(37)40-41-39(38-28-31-20-10-13-25-35(31)50(38)44(40)51)33-23-11-14-26-36(33)49(41)32-21-8-3-9-22-32/h1-28H. The maximum absolute atomic E-state index is 5.27. The molecule has 0 aliphatic rings. The molecule has 11 rings (SSSR count). The highest BCUT2D eigenvalue weighted by Gasteiger charge is 2.27. The fourth-order valence-electron chi connectivity index (χ4n) is 7.92. The van der Waals surface area contributed by atoms with Crippen LogP contribution in [0.3, 0.4) is 0 Å². The molecule has 6 nitrogen and oxygen atoms in total. The minimum atomic E-state index is 0.565. The lowest BCUT2D eigenvalue weighted by Crippen LogP contribution is -2.08. The summed E-state index contributed by atoms with van der Waals surface area (Å²) in [6, 6.07) is 59.4. The smallest absolute Gasteiger partial charge is 0.239 e. The van der Waals surface area contributed by atoms with Crippen molar-refractivity contribution < 1.29 is 0 Å². The van der Waals surface area contributed by atoms with E-state index in [0.29, 0.717) is 17.6 Å². The molecule has 0 atom stereocenters. The second-order valence-electron chi connectivity index (χ2n) is 12.9. The van der Waals surface area contributed by atoms with Gasteiger partial charge in [-0.1, -0.05) is 133 Å². The molecule has 0 amide bonds. The van der Waals surface area contributed by atoms with Crippen molar-refractivity contribution in [2.45, 2.75) is 0 Å². The van der Waals surface area contributed by atoms with E-state index >= 15 is 0 Å². The molecular formula is C45H28N6. The molecule has 0 aliphatic heterocycles. The third-order valence-corrected chi connectivity index (χ3v) is 10.0. The number of fused-ring (bicyclic) bond motifs is 12. The SMILES string of the molecule is c1ccc(-c2nc(-c3ccccc3)nc(-n3c4ccccc4c4c5c(c6ccccc6n5-c5ccccc5)c5cc6ccccc6n5c43)n2)cc1. The number of hydrogen-bond donors (Lipinski definition) is 0. The van der Waals surface area contributed by atoms with Gasteiger partial charge in [-0.15, -0.1) is 0 Å². The molecule has 5 aromatic heterocycles. The molecule has 6 aromatic carbocycles. The molecule has 11 aromatic rings. The Morgan fingerprint density at radius 2 is 0.902 bits per heavy atom. The quantitative estimate of drug-likeness (QED) is 0.190. The molecule has 0 saturated heterocycles. The molecule has 0 aliphatic carbocycles.